The van der Waals surface area contributed by atoms with E-state index >= 15 is 0 Å². The zero-order valence-corrected chi connectivity index (χ0v) is 17.3. The zero-order chi connectivity index (χ0) is 20.3. The molecule has 0 aliphatic carbocycles. The third kappa shape index (κ3) is 4.84. The van der Waals surface area contributed by atoms with Crippen LogP contribution in [0, 0.1) is 5.92 Å². The molecule has 2 aromatic rings. The van der Waals surface area contributed by atoms with Crippen molar-refractivity contribution in [3.63, 3.8) is 0 Å². The van der Waals surface area contributed by atoms with Crippen LogP contribution in [0.3, 0.4) is 0 Å². The van der Waals surface area contributed by atoms with Gasteiger partial charge in [-0.05, 0) is 59.9 Å². The summed E-state index contributed by atoms with van der Waals surface area (Å²) >= 11 is 0. The van der Waals surface area contributed by atoms with Gasteiger partial charge >= 0.3 is 0 Å². The van der Waals surface area contributed by atoms with Gasteiger partial charge in [-0.2, -0.15) is 0 Å². The van der Waals surface area contributed by atoms with Gasteiger partial charge in [0.05, 0.1) is 11.5 Å². The highest BCUT2D eigenvalue weighted by atomic mass is 32.2. The third-order valence-electron chi connectivity index (χ3n) is 4.63. The molecular formula is C21H26N2O4S. The van der Waals surface area contributed by atoms with Gasteiger partial charge in [-0.3, -0.25) is 9.52 Å². The molecule has 1 heterocycles. The maximum absolute atomic E-state index is 12.7. The molecule has 0 saturated heterocycles. The van der Waals surface area contributed by atoms with Crippen LogP contribution >= 0.6 is 0 Å². The van der Waals surface area contributed by atoms with Crippen molar-refractivity contribution in [2.45, 2.75) is 38.6 Å². The number of benzene rings is 2. The summed E-state index contributed by atoms with van der Waals surface area (Å²) in [5.41, 5.74) is 2.61. The van der Waals surface area contributed by atoms with E-state index < -0.39 is 10.0 Å². The van der Waals surface area contributed by atoms with E-state index in [0.717, 1.165) is 17.5 Å². The number of fused-ring (bicyclic) bond motifs is 1. The predicted molar refractivity (Wildman–Crippen MR) is 109 cm³/mol. The first-order valence-electron chi connectivity index (χ1n) is 9.37. The Morgan fingerprint density at radius 2 is 1.86 bits per heavy atom. The van der Waals surface area contributed by atoms with E-state index in [0.29, 0.717) is 37.1 Å². The molecule has 28 heavy (non-hydrogen) atoms. The average molecular weight is 403 g/mol. The van der Waals surface area contributed by atoms with Crippen LogP contribution in [0.25, 0.3) is 0 Å². The lowest BCUT2D eigenvalue weighted by Gasteiger charge is -2.28. The molecule has 0 fully saturated rings. The molecule has 0 aromatic heterocycles. The fourth-order valence-corrected chi connectivity index (χ4v) is 4.13. The Kier molecular flexibility index (Phi) is 5.93. The highest BCUT2D eigenvalue weighted by molar-refractivity contribution is 7.92. The van der Waals surface area contributed by atoms with Gasteiger partial charge in [0.1, 0.15) is 5.75 Å². The van der Waals surface area contributed by atoms with E-state index in [1.165, 1.54) is 12.1 Å². The van der Waals surface area contributed by atoms with E-state index in [2.05, 4.69) is 18.6 Å². The molecule has 2 aromatic carbocycles. The van der Waals surface area contributed by atoms with Crippen molar-refractivity contribution in [3.05, 3.63) is 53.6 Å². The molecule has 1 aliphatic heterocycles. The summed E-state index contributed by atoms with van der Waals surface area (Å²) in [7, 11) is -3.70. The van der Waals surface area contributed by atoms with Crippen molar-refractivity contribution in [2.75, 3.05) is 17.9 Å². The van der Waals surface area contributed by atoms with Gasteiger partial charge in [-0.25, -0.2) is 8.42 Å². The van der Waals surface area contributed by atoms with Gasteiger partial charge in [-0.15, -0.1) is 0 Å². The van der Waals surface area contributed by atoms with Crippen LogP contribution in [0.4, 0.5) is 5.69 Å². The van der Waals surface area contributed by atoms with Crippen molar-refractivity contribution in [1.82, 2.24) is 4.90 Å². The molecule has 1 aliphatic rings. The Hall–Kier alpha value is -2.54. The van der Waals surface area contributed by atoms with Crippen LogP contribution in [0.5, 0.6) is 5.75 Å². The topological polar surface area (TPSA) is 75.7 Å². The lowest BCUT2D eigenvalue weighted by Crippen LogP contribution is -2.34. The Bertz CT molecular complexity index is 953. The molecule has 150 valence electrons. The highest BCUT2D eigenvalue weighted by Gasteiger charge is 2.20. The van der Waals surface area contributed by atoms with Gasteiger partial charge in [0.15, 0.2) is 0 Å². The lowest BCUT2D eigenvalue weighted by molar-refractivity contribution is -0.129. The largest absolute Gasteiger partial charge is 0.493 e. The maximum atomic E-state index is 12.7. The highest BCUT2D eigenvalue weighted by Crippen LogP contribution is 2.25. The zero-order valence-electron chi connectivity index (χ0n) is 16.4. The first kappa shape index (κ1) is 20.2. The van der Waals surface area contributed by atoms with Gasteiger partial charge in [0, 0.05) is 25.7 Å². The molecule has 7 heteroatoms. The number of rotatable bonds is 6. The van der Waals surface area contributed by atoms with Crippen LogP contribution < -0.4 is 9.46 Å². The average Bonchev–Trinajstić information content (AvgIpc) is 2.65. The summed E-state index contributed by atoms with van der Waals surface area (Å²) in [6.07, 6.45) is 0.778. The first-order chi connectivity index (χ1) is 13.2. The Balaban J connectivity index is 1.74. The molecule has 0 saturated carbocycles. The number of amides is 1. The van der Waals surface area contributed by atoms with Crippen molar-refractivity contribution in [3.8, 4) is 5.75 Å². The summed E-state index contributed by atoms with van der Waals surface area (Å²) in [4.78, 5) is 13.6. The number of nitrogens with zero attached hydrogens (tertiary/aromatic N) is 1. The second kappa shape index (κ2) is 8.22. The number of carbonyl (C=O) groups excluding carboxylic acids is 1. The monoisotopic (exact) mass is 402 g/mol. The number of hydrogen-bond acceptors (Lipinski definition) is 4. The van der Waals surface area contributed by atoms with Gasteiger partial charge in [0.2, 0.25) is 5.91 Å². The van der Waals surface area contributed by atoms with Crippen molar-refractivity contribution >= 4 is 21.6 Å². The molecule has 0 radical (unpaired) electrons. The Morgan fingerprint density at radius 3 is 2.50 bits per heavy atom. The minimum atomic E-state index is -3.70. The number of carbonyl (C=O) groups is 1. The Labute approximate surface area is 166 Å². The summed E-state index contributed by atoms with van der Waals surface area (Å²) in [6, 6.07) is 11.9. The van der Waals surface area contributed by atoms with Crippen LogP contribution in [0.1, 0.15) is 31.9 Å². The van der Waals surface area contributed by atoms with E-state index in [1.807, 2.05) is 12.1 Å². The van der Waals surface area contributed by atoms with Crippen molar-refractivity contribution in [2.24, 2.45) is 5.92 Å². The quantitative estimate of drug-likeness (QED) is 0.803. The smallest absolute Gasteiger partial charge is 0.261 e. The van der Waals surface area contributed by atoms with E-state index in [-0.39, 0.29) is 10.8 Å². The van der Waals surface area contributed by atoms with Crippen LogP contribution in [-0.2, 0) is 27.8 Å². The number of sulfonamides is 1. The normalized spacial score (nSPS) is 13.9. The molecule has 0 atom stereocenters. The summed E-state index contributed by atoms with van der Waals surface area (Å²) in [5.74, 6) is 1.06. The predicted octanol–water partition coefficient (Wildman–Crippen LogP) is 3.43. The number of anilines is 1. The molecule has 3 rings (SSSR count). The van der Waals surface area contributed by atoms with E-state index in [1.54, 1.807) is 30.0 Å². The van der Waals surface area contributed by atoms with Crippen molar-refractivity contribution < 1.29 is 17.9 Å². The second-order valence-electron chi connectivity index (χ2n) is 7.46. The minimum Gasteiger partial charge on any atom is -0.493 e. The van der Waals surface area contributed by atoms with Crippen LogP contribution in [0.2, 0.25) is 0 Å². The summed E-state index contributed by atoms with van der Waals surface area (Å²) < 4.78 is 33.6. The third-order valence-corrected chi connectivity index (χ3v) is 6.03. The molecule has 1 N–H and O–H groups in total. The van der Waals surface area contributed by atoms with Gasteiger partial charge < -0.3 is 9.64 Å². The van der Waals surface area contributed by atoms with Gasteiger partial charge in [0.25, 0.3) is 10.0 Å². The molecule has 0 bridgehead atoms. The summed E-state index contributed by atoms with van der Waals surface area (Å²) in [6.45, 7) is 7.43. The number of nitrogens with one attached hydrogen (secondary N) is 1. The minimum absolute atomic E-state index is 0.0245. The molecule has 1 amide bonds. The van der Waals surface area contributed by atoms with Gasteiger partial charge in [-0.1, -0.05) is 19.9 Å². The maximum Gasteiger partial charge on any atom is 0.261 e. The Morgan fingerprint density at radius 1 is 1.14 bits per heavy atom. The first-order valence-corrected chi connectivity index (χ1v) is 10.9. The molecule has 0 spiro atoms. The molecule has 0 unspecified atom stereocenters. The summed E-state index contributed by atoms with van der Waals surface area (Å²) in [5, 5.41) is 0. The standard InChI is InChI=1S/C21H26N2O4S/c1-15(2)14-27-20-6-8-21(9-7-20)28(25,26)22-19-5-4-17-10-11-23(16(3)24)13-18(17)12-19/h4-9,12,15,22H,10-11,13-14H2,1-3H3. The second-order valence-corrected chi connectivity index (χ2v) is 9.14. The molecule has 6 nitrogen and oxygen atoms in total. The van der Waals surface area contributed by atoms with Crippen LogP contribution in [0.15, 0.2) is 47.4 Å². The molecular weight excluding hydrogens is 376 g/mol. The fraction of sp³-hybridized carbons (Fsp3) is 0.381. The SMILES string of the molecule is CC(=O)N1CCc2ccc(NS(=O)(=O)c3ccc(OCC(C)C)cc3)cc2C1. The fourth-order valence-electron chi connectivity index (χ4n) is 3.08. The number of hydrogen-bond donors (Lipinski definition) is 1. The number of ether oxygens (including phenoxy) is 1. The van der Waals surface area contributed by atoms with E-state index in [4.69, 9.17) is 4.74 Å². The van der Waals surface area contributed by atoms with E-state index in [9.17, 15) is 13.2 Å². The van der Waals surface area contributed by atoms with Crippen molar-refractivity contribution in [1.29, 1.82) is 0 Å². The van der Waals surface area contributed by atoms with Crippen LogP contribution in [-0.4, -0.2) is 32.4 Å². The lowest BCUT2D eigenvalue weighted by atomic mass is 9.99.